The fourth-order valence-corrected chi connectivity index (χ4v) is 4.45. The molecule has 0 amide bonds. The van der Waals surface area contributed by atoms with Crippen LogP contribution in [-0.2, 0) is 21.3 Å². The molecular weight excluding hydrogens is 295 g/mol. The molecule has 5 nitrogen and oxygen atoms in total. The summed E-state index contributed by atoms with van der Waals surface area (Å²) in [5.74, 6) is -0.544. The van der Waals surface area contributed by atoms with Gasteiger partial charge in [-0.15, -0.1) is 0 Å². The molecule has 0 aliphatic carbocycles. The summed E-state index contributed by atoms with van der Waals surface area (Å²) in [4.78, 5) is 0.00306. The SMILES string of the molecule is CCC1COCCN1S(=O)(=O)c1cc(CN)cc(F)c1C. The summed E-state index contributed by atoms with van der Waals surface area (Å²) < 4.78 is 46.4. The Labute approximate surface area is 124 Å². The number of benzene rings is 1. The highest BCUT2D eigenvalue weighted by Crippen LogP contribution is 2.27. The van der Waals surface area contributed by atoms with Crippen LogP contribution >= 0.6 is 0 Å². The molecule has 0 spiro atoms. The van der Waals surface area contributed by atoms with Crippen LogP contribution in [0.1, 0.15) is 24.5 Å². The van der Waals surface area contributed by atoms with Crippen molar-refractivity contribution in [3.8, 4) is 0 Å². The first-order valence-electron chi connectivity index (χ1n) is 7.00. The van der Waals surface area contributed by atoms with Crippen molar-refractivity contribution in [2.75, 3.05) is 19.8 Å². The number of nitrogens with two attached hydrogens (primary N) is 1. The number of nitrogens with zero attached hydrogens (tertiary/aromatic N) is 1. The quantitative estimate of drug-likeness (QED) is 0.911. The van der Waals surface area contributed by atoms with Gasteiger partial charge in [0.25, 0.3) is 0 Å². The zero-order chi connectivity index (χ0) is 15.6. The third-order valence-corrected chi connectivity index (χ3v) is 5.90. The van der Waals surface area contributed by atoms with Crippen molar-refractivity contribution in [1.82, 2.24) is 4.31 Å². The van der Waals surface area contributed by atoms with Crippen LogP contribution in [0.2, 0.25) is 0 Å². The van der Waals surface area contributed by atoms with E-state index >= 15 is 0 Å². The van der Waals surface area contributed by atoms with Crippen molar-refractivity contribution in [2.45, 2.75) is 37.8 Å². The minimum atomic E-state index is -3.75. The van der Waals surface area contributed by atoms with Crippen molar-refractivity contribution in [1.29, 1.82) is 0 Å². The van der Waals surface area contributed by atoms with Crippen molar-refractivity contribution < 1.29 is 17.5 Å². The van der Waals surface area contributed by atoms with Gasteiger partial charge in [0.1, 0.15) is 5.82 Å². The molecule has 0 bridgehead atoms. The summed E-state index contributed by atoms with van der Waals surface area (Å²) >= 11 is 0. The number of morpholine rings is 1. The summed E-state index contributed by atoms with van der Waals surface area (Å²) in [6, 6.07) is 2.54. The van der Waals surface area contributed by atoms with Crippen molar-refractivity contribution >= 4 is 10.0 Å². The molecule has 7 heteroatoms. The molecule has 1 heterocycles. The minimum Gasteiger partial charge on any atom is -0.378 e. The topological polar surface area (TPSA) is 72.6 Å². The molecule has 1 atom stereocenters. The zero-order valence-corrected chi connectivity index (χ0v) is 13.1. The Morgan fingerprint density at radius 3 is 2.81 bits per heavy atom. The van der Waals surface area contributed by atoms with Gasteiger partial charge in [0.2, 0.25) is 10.0 Å². The summed E-state index contributed by atoms with van der Waals surface area (Å²) in [5.41, 5.74) is 6.12. The maximum Gasteiger partial charge on any atom is 0.243 e. The summed E-state index contributed by atoms with van der Waals surface area (Å²) in [5, 5.41) is 0. The van der Waals surface area contributed by atoms with Crippen LogP contribution in [0.5, 0.6) is 0 Å². The van der Waals surface area contributed by atoms with Gasteiger partial charge in [0.15, 0.2) is 0 Å². The van der Waals surface area contributed by atoms with Crippen LogP contribution in [0.3, 0.4) is 0 Å². The molecule has 2 rings (SSSR count). The lowest BCUT2D eigenvalue weighted by Gasteiger charge is -2.34. The van der Waals surface area contributed by atoms with Gasteiger partial charge >= 0.3 is 0 Å². The van der Waals surface area contributed by atoms with Crippen molar-refractivity contribution in [3.63, 3.8) is 0 Å². The molecule has 1 fully saturated rings. The van der Waals surface area contributed by atoms with Crippen LogP contribution in [0.25, 0.3) is 0 Å². The van der Waals surface area contributed by atoms with E-state index in [2.05, 4.69) is 0 Å². The van der Waals surface area contributed by atoms with E-state index in [1.54, 1.807) is 0 Å². The van der Waals surface area contributed by atoms with E-state index in [0.717, 1.165) is 0 Å². The van der Waals surface area contributed by atoms with Gasteiger partial charge in [-0.2, -0.15) is 4.31 Å². The van der Waals surface area contributed by atoms with E-state index in [4.69, 9.17) is 10.5 Å². The van der Waals surface area contributed by atoms with E-state index in [0.29, 0.717) is 25.2 Å². The first kappa shape index (κ1) is 16.4. The molecule has 1 aromatic rings. The zero-order valence-electron chi connectivity index (χ0n) is 12.3. The second kappa shape index (κ2) is 6.39. The van der Waals surface area contributed by atoms with E-state index in [-0.39, 0.29) is 29.6 Å². The number of rotatable bonds is 4. The first-order valence-corrected chi connectivity index (χ1v) is 8.44. The van der Waals surface area contributed by atoms with Gasteiger partial charge in [-0.05, 0) is 31.0 Å². The van der Waals surface area contributed by atoms with Crippen LogP contribution < -0.4 is 5.73 Å². The maximum absolute atomic E-state index is 13.9. The van der Waals surface area contributed by atoms with Gasteiger partial charge in [0, 0.05) is 24.7 Å². The second-order valence-electron chi connectivity index (χ2n) is 5.16. The first-order chi connectivity index (χ1) is 9.91. The Hall–Kier alpha value is -1.02. The Bertz CT molecular complexity index is 619. The summed E-state index contributed by atoms with van der Waals surface area (Å²) in [6.07, 6.45) is 0.650. The van der Waals surface area contributed by atoms with Gasteiger partial charge in [-0.1, -0.05) is 6.92 Å². The highest BCUT2D eigenvalue weighted by Gasteiger charge is 2.34. The fraction of sp³-hybridized carbons (Fsp3) is 0.571. The Kier molecular flexibility index (Phi) is 4.98. The maximum atomic E-state index is 13.9. The highest BCUT2D eigenvalue weighted by molar-refractivity contribution is 7.89. The lowest BCUT2D eigenvalue weighted by molar-refractivity contribution is 0.0314. The normalized spacial score (nSPS) is 20.7. The smallest absolute Gasteiger partial charge is 0.243 e. The van der Waals surface area contributed by atoms with E-state index in [1.807, 2.05) is 6.92 Å². The largest absolute Gasteiger partial charge is 0.378 e. The number of hydrogen-bond donors (Lipinski definition) is 1. The average molecular weight is 316 g/mol. The molecule has 1 saturated heterocycles. The molecule has 2 N–H and O–H groups in total. The van der Waals surface area contributed by atoms with E-state index < -0.39 is 15.8 Å². The Morgan fingerprint density at radius 1 is 1.48 bits per heavy atom. The molecule has 1 aliphatic rings. The number of hydrogen-bond acceptors (Lipinski definition) is 4. The van der Waals surface area contributed by atoms with Gasteiger partial charge in [0.05, 0.1) is 18.1 Å². The monoisotopic (exact) mass is 316 g/mol. The number of halogens is 1. The Balaban J connectivity index is 2.50. The average Bonchev–Trinajstić information content (AvgIpc) is 2.49. The molecule has 0 aromatic heterocycles. The van der Waals surface area contributed by atoms with Crippen LogP contribution in [-0.4, -0.2) is 38.5 Å². The minimum absolute atomic E-state index is 0.00306. The van der Waals surface area contributed by atoms with Gasteiger partial charge in [-0.3, -0.25) is 0 Å². The lowest BCUT2D eigenvalue weighted by atomic mass is 10.1. The number of ether oxygens (including phenoxy) is 1. The molecule has 1 aliphatic heterocycles. The molecule has 1 aromatic carbocycles. The van der Waals surface area contributed by atoms with Crippen LogP contribution in [0.4, 0.5) is 4.39 Å². The highest BCUT2D eigenvalue weighted by atomic mass is 32.2. The fourth-order valence-electron chi connectivity index (χ4n) is 2.50. The summed E-state index contributed by atoms with van der Waals surface area (Å²) in [7, 11) is -3.75. The standard InChI is InChI=1S/C14H21FN2O3S/c1-3-12-9-20-5-4-17(12)21(18,19)14-7-11(8-16)6-13(15)10(14)2/h6-7,12H,3-5,8-9,16H2,1-2H3. The molecule has 0 saturated carbocycles. The van der Waals surface area contributed by atoms with Crippen molar-refractivity contribution in [3.05, 3.63) is 29.1 Å². The lowest BCUT2D eigenvalue weighted by Crippen LogP contribution is -2.48. The molecule has 0 radical (unpaired) electrons. The summed E-state index contributed by atoms with van der Waals surface area (Å²) in [6.45, 7) is 4.49. The van der Waals surface area contributed by atoms with E-state index in [9.17, 15) is 12.8 Å². The van der Waals surface area contributed by atoms with E-state index in [1.165, 1.54) is 23.4 Å². The third kappa shape index (κ3) is 3.11. The van der Waals surface area contributed by atoms with Crippen LogP contribution in [0, 0.1) is 12.7 Å². The predicted molar refractivity (Wildman–Crippen MR) is 77.8 cm³/mol. The second-order valence-corrected chi connectivity index (χ2v) is 7.02. The molecule has 118 valence electrons. The third-order valence-electron chi connectivity index (χ3n) is 3.82. The number of sulfonamides is 1. The molecule has 1 unspecified atom stereocenters. The van der Waals surface area contributed by atoms with Crippen LogP contribution in [0.15, 0.2) is 17.0 Å². The molecular formula is C14H21FN2O3S. The van der Waals surface area contributed by atoms with Gasteiger partial charge < -0.3 is 10.5 Å². The predicted octanol–water partition coefficient (Wildman–Crippen LogP) is 1.39. The van der Waals surface area contributed by atoms with Gasteiger partial charge in [-0.25, -0.2) is 12.8 Å². The van der Waals surface area contributed by atoms with Crippen molar-refractivity contribution in [2.24, 2.45) is 5.73 Å². The Morgan fingerprint density at radius 2 is 2.19 bits per heavy atom. The molecule has 21 heavy (non-hydrogen) atoms.